The smallest absolute Gasteiger partial charge is 0.188 e. The van der Waals surface area contributed by atoms with Gasteiger partial charge in [-0.3, -0.25) is 9.97 Å². The number of hydrogen-bond acceptors (Lipinski definition) is 3. The molecule has 1 aliphatic heterocycles. The summed E-state index contributed by atoms with van der Waals surface area (Å²) in [6.07, 6.45) is 3.89. The molecule has 1 unspecified atom stereocenters. The van der Waals surface area contributed by atoms with E-state index >= 15 is 0 Å². The molecule has 1 aliphatic carbocycles. The van der Waals surface area contributed by atoms with Crippen molar-refractivity contribution in [3.8, 4) is 39.6 Å². The minimum Gasteiger partial charge on any atom is -0.308 e. The summed E-state index contributed by atoms with van der Waals surface area (Å²) in [5, 5.41) is 7.03. The van der Waals surface area contributed by atoms with Crippen molar-refractivity contribution in [1.82, 2.24) is 23.7 Å². The maximum atomic E-state index is 7.81. The van der Waals surface area contributed by atoms with Crippen molar-refractivity contribution < 1.29 is 0 Å². The largest absolute Gasteiger partial charge is 0.308 e. The molecule has 73 heavy (non-hydrogen) atoms. The lowest BCUT2D eigenvalue weighted by Gasteiger charge is -2.39. The van der Waals surface area contributed by atoms with Crippen molar-refractivity contribution in [2.24, 2.45) is 0 Å². The van der Waals surface area contributed by atoms with Gasteiger partial charge in [-0.25, -0.2) is 4.85 Å². The van der Waals surface area contributed by atoms with Crippen molar-refractivity contribution in [2.45, 2.75) is 15.2 Å². The summed E-state index contributed by atoms with van der Waals surface area (Å²) >= 11 is 1.84. The van der Waals surface area contributed by atoms with E-state index in [-0.39, 0.29) is 0 Å². The van der Waals surface area contributed by atoms with Gasteiger partial charge in [-0.1, -0.05) is 139 Å². The lowest BCUT2D eigenvalue weighted by Crippen LogP contribution is -2.32. The zero-order valence-electron chi connectivity index (χ0n) is 39.0. The maximum Gasteiger partial charge on any atom is 0.188 e. The average Bonchev–Trinajstić information content (AvgIpc) is 4.17. The van der Waals surface area contributed by atoms with E-state index in [0.29, 0.717) is 5.69 Å². The first-order valence-electron chi connectivity index (χ1n) is 24.6. The van der Waals surface area contributed by atoms with E-state index in [4.69, 9.17) is 16.5 Å². The SMILES string of the molecule is [C-]#[N+]c1ccc2c(c1)c1ccccc1n2-c1cnc2c(c1)C1(c3ccccc3Sc3ccc(-c4ccc5c(c4)c4ccccc4n5-c4ccccc4-n4c5ccccc5c5ccccc54)cc31)c1cccnc1-2. The molecule has 6 nitrogen and oxygen atoms in total. The van der Waals surface area contributed by atoms with Gasteiger partial charge in [0.2, 0.25) is 0 Å². The molecule has 0 fully saturated rings. The Morgan fingerprint density at radius 1 is 0.384 bits per heavy atom. The standard InChI is InChI=1S/C66H38N6S/c1-67-42-30-32-58-49(37-42)47-18-4-7-21-54(47)70(58)43-38-53-65(69-39-43)64-51(20-14-34-68-64)66(53)50-19-6-13-27-62(50)73-63-33-29-41(36-52(63)66)40-28-31-59-48(35-40)46-17-5-10-24-57(46)72(59)61-26-12-11-25-60(61)71-55-22-8-2-15-44(55)45-16-3-9-23-56(45)71/h2-39H. The second kappa shape index (κ2) is 15.0. The normalized spacial score (nSPS) is 14.6. The fraction of sp³-hybridized carbons (Fsp3) is 0.0152. The Bertz CT molecular complexity index is 4700. The van der Waals surface area contributed by atoms with Crippen molar-refractivity contribution in [3.05, 3.63) is 264 Å². The van der Waals surface area contributed by atoms with Gasteiger partial charge in [0.05, 0.1) is 79.7 Å². The molecule has 0 bridgehead atoms. The molecule has 7 heteroatoms. The van der Waals surface area contributed by atoms with Crippen LogP contribution in [0.4, 0.5) is 5.69 Å². The first-order valence-corrected chi connectivity index (χ1v) is 25.4. The maximum absolute atomic E-state index is 7.81. The molecular formula is C66H38N6S. The van der Waals surface area contributed by atoms with Crippen LogP contribution < -0.4 is 0 Å². The Morgan fingerprint density at radius 3 is 1.59 bits per heavy atom. The molecule has 0 saturated heterocycles. The molecule has 16 rings (SSSR count). The van der Waals surface area contributed by atoms with Gasteiger partial charge < -0.3 is 13.7 Å². The van der Waals surface area contributed by atoms with Crippen molar-refractivity contribution in [1.29, 1.82) is 0 Å². The van der Waals surface area contributed by atoms with Gasteiger partial charge in [0, 0.05) is 48.5 Å². The molecule has 5 aromatic heterocycles. The van der Waals surface area contributed by atoms with E-state index in [0.717, 1.165) is 83.5 Å². The van der Waals surface area contributed by atoms with Gasteiger partial charge in [0.25, 0.3) is 0 Å². The van der Waals surface area contributed by atoms with Crippen LogP contribution >= 0.6 is 11.8 Å². The van der Waals surface area contributed by atoms with Crippen LogP contribution in [-0.4, -0.2) is 23.7 Å². The second-order valence-electron chi connectivity index (χ2n) is 19.2. The average molecular weight is 947 g/mol. The van der Waals surface area contributed by atoms with Crippen LogP contribution in [0.25, 0.3) is 110 Å². The van der Waals surface area contributed by atoms with Gasteiger partial charge in [0.15, 0.2) is 5.69 Å². The number of fused-ring (bicyclic) bond motifs is 18. The quantitative estimate of drug-likeness (QED) is 0.165. The predicted molar refractivity (Wildman–Crippen MR) is 298 cm³/mol. The molecule has 0 radical (unpaired) electrons. The number of nitrogens with zero attached hydrogens (tertiary/aromatic N) is 6. The molecule has 0 saturated carbocycles. The first-order chi connectivity index (χ1) is 36.2. The molecule has 9 aromatic carbocycles. The fourth-order valence-corrected chi connectivity index (χ4v) is 13.8. The zero-order chi connectivity index (χ0) is 47.9. The highest BCUT2D eigenvalue weighted by atomic mass is 32.2. The molecule has 6 heterocycles. The zero-order valence-corrected chi connectivity index (χ0v) is 39.8. The Labute approximate surface area is 423 Å². The van der Waals surface area contributed by atoms with E-state index in [1.54, 1.807) is 0 Å². The number of pyridine rings is 2. The van der Waals surface area contributed by atoms with Gasteiger partial charge in [-0.05, 0) is 124 Å². The number of rotatable bonds is 4. The Hall–Kier alpha value is -9.48. The highest BCUT2D eigenvalue weighted by Crippen LogP contribution is 2.62. The van der Waals surface area contributed by atoms with E-state index in [2.05, 4.69) is 225 Å². The van der Waals surface area contributed by atoms with Crippen LogP contribution in [0.2, 0.25) is 0 Å². The van der Waals surface area contributed by atoms with Gasteiger partial charge >= 0.3 is 0 Å². The summed E-state index contributed by atoms with van der Waals surface area (Å²) in [6.45, 7) is 7.81. The molecule has 1 spiro atoms. The summed E-state index contributed by atoms with van der Waals surface area (Å²) < 4.78 is 7.19. The molecular weight excluding hydrogens is 909 g/mol. The highest BCUT2D eigenvalue weighted by molar-refractivity contribution is 7.99. The number of aromatic nitrogens is 5. The summed E-state index contributed by atoms with van der Waals surface area (Å²) in [5.74, 6) is 0. The molecule has 1 atom stereocenters. The van der Waals surface area contributed by atoms with Crippen molar-refractivity contribution >= 4 is 82.9 Å². The third-order valence-corrected chi connectivity index (χ3v) is 16.8. The van der Waals surface area contributed by atoms with E-state index < -0.39 is 5.41 Å². The molecule has 0 amide bonds. The first kappa shape index (κ1) is 40.3. The van der Waals surface area contributed by atoms with Crippen LogP contribution in [0.15, 0.2) is 241 Å². The van der Waals surface area contributed by atoms with Crippen LogP contribution in [0.3, 0.4) is 0 Å². The minimum absolute atomic E-state index is 0.623. The molecule has 14 aromatic rings. The lowest BCUT2D eigenvalue weighted by molar-refractivity contribution is 0.719. The van der Waals surface area contributed by atoms with Crippen LogP contribution in [-0.2, 0) is 5.41 Å². The predicted octanol–water partition coefficient (Wildman–Crippen LogP) is 16.8. The lowest BCUT2D eigenvalue weighted by atomic mass is 9.67. The van der Waals surface area contributed by atoms with Crippen molar-refractivity contribution in [2.75, 3.05) is 0 Å². The summed E-state index contributed by atoms with van der Waals surface area (Å²) in [6, 6.07) is 79.3. The van der Waals surface area contributed by atoms with Crippen LogP contribution in [0, 0.1) is 6.57 Å². The summed E-state index contributed by atoms with van der Waals surface area (Å²) in [5.41, 5.74) is 18.6. The Kier molecular flexibility index (Phi) is 8.28. The van der Waals surface area contributed by atoms with Crippen LogP contribution in [0.1, 0.15) is 22.3 Å². The third-order valence-electron chi connectivity index (χ3n) is 15.6. The monoisotopic (exact) mass is 946 g/mol. The van der Waals surface area contributed by atoms with Gasteiger partial charge in [-0.15, -0.1) is 0 Å². The number of hydrogen-bond donors (Lipinski definition) is 0. The van der Waals surface area contributed by atoms with E-state index in [1.807, 2.05) is 36.3 Å². The van der Waals surface area contributed by atoms with E-state index in [9.17, 15) is 0 Å². The van der Waals surface area contributed by atoms with E-state index in [1.165, 1.54) is 53.5 Å². The minimum atomic E-state index is -0.720. The molecule has 0 N–H and O–H groups in total. The van der Waals surface area contributed by atoms with Gasteiger partial charge in [0.1, 0.15) is 0 Å². The molecule has 2 aliphatic rings. The van der Waals surface area contributed by atoms with Gasteiger partial charge in [-0.2, -0.15) is 0 Å². The van der Waals surface area contributed by atoms with Crippen molar-refractivity contribution in [3.63, 3.8) is 0 Å². The molecule has 338 valence electrons. The summed E-state index contributed by atoms with van der Waals surface area (Å²) in [4.78, 5) is 16.7. The fourth-order valence-electron chi connectivity index (χ4n) is 12.6. The highest BCUT2D eigenvalue weighted by Gasteiger charge is 2.52. The number of benzene rings is 9. The topological polar surface area (TPSA) is 44.9 Å². The Balaban J connectivity index is 0.911. The van der Waals surface area contributed by atoms with Crippen LogP contribution in [0.5, 0.6) is 0 Å². The second-order valence-corrected chi connectivity index (χ2v) is 20.2. The third kappa shape index (κ3) is 5.42. The Morgan fingerprint density at radius 2 is 0.890 bits per heavy atom. The number of para-hydroxylation sites is 6. The summed E-state index contributed by atoms with van der Waals surface area (Å²) in [7, 11) is 0.